The van der Waals surface area contributed by atoms with E-state index >= 15 is 0 Å². The standard InChI is InChI=1S/C27H30Cl2F2N4O4/c1-27(2,3)35-14-19(25(37)18-11-23(31)21(29)12-24(18)35)26(38)32-34-8-6-33(7-9-34)13-16(36)15-39-17-4-5-20(28)22(30)10-17/h4-5,10-12,14,16,36H,6-9,13,15H2,1-3H3,(H,32,38). The molecule has 1 amide bonds. The molecule has 0 bridgehead atoms. The Morgan fingerprint density at radius 3 is 2.38 bits per heavy atom. The van der Waals surface area contributed by atoms with Crippen molar-refractivity contribution < 1.29 is 23.4 Å². The summed E-state index contributed by atoms with van der Waals surface area (Å²) in [4.78, 5) is 28.3. The van der Waals surface area contributed by atoms with E-state index in [9.17, 15) is 23.5 Å². The molecule has 2 N–H and O–H groups in total. The molecule has 1 unspecified atom stereocenters. The summed E-state index contributed by atoms with van der Waals surface area (Å²) < 4.78 is 35.0. The minimum atomic E-state index is -0.813. The average molecular weight is 583 g/mol. The van der Waals surface area contributed by atoms with Crippen molar-refractivity contribution >= 4 is 40.0 Å². The first-order valence-corrected chi connectivity index (χ1v) is 13.2. The van der Waals surface area contributed by atoms with Gasteiger partial charge in [-0.3, -0.25) is 19.9 Å². The molecule has 39 heavy (non-hydrogen) atoms. The van der Waals surface area contributed by atoms with Gasteiger partial charge in [-0.05, 0) is 45.0 Å². The van der Waals surface area contributed by atoms with Crippen molar-refractivity contribution in [3.8, 4) is 5.75 Å². The van der Waals surface area contributed by atoms with Crippen molar-refractivity contribution in [3.63, 3.8) is 0 Å². The Labute approximate surface area is 234 Å². The van der Waals surface area contributed by atoms with Crippen molar-refractivity contribution in [1.82, 2.24) is 19.9 Å². The van der Waals surface area contributed by atoms with E-state index in [2.05, 4.69) is 5.43 Å². The van der Waals surface area contributed by atoms with E-state index in [1.165, 1.54) is 24.4 Å². The number of β-amino-alcohol motifs (C(OH)–C–C–N with tert-alkyl or cyclic N) is 1. The number of piperazine rings is 1. The van der Waals surface area contributed by atoms with Gasteiger partial charge >= 0.3 is 0 Å². The summed E-state index contributed by atoms with van der Waals surface area (Å²) in [5, 5.41) is 12.0. The number of pyridine rings is 1. The molecule has 1 saturated heterocycles. The van der Waals surface area contributed by atoms with Crippen LogP contribution in [0.1, 0.15) is 31.1 Å². The van der Waals surface area contributed by atoms with Gasteiger partial charge in [-0.2, -0.15) is 0 Å². The Balaban J connectivity index is 1.37. The highest BCUT2D eigenvalue weighted by Gasteiger charge is 2.25. The van der Waals surface area contributed by atoms with Gasteiger partial charge in [0, 0.05) is 55.9 Å². The Kier molecular flexibility index (Phi) is 8.82. The maximum atomic E-state index is 14.2. The van der Waals surface area contributed by atoms with Crippen molar-refractivity contribution in [2.45, 2.75) is 32.4 Å². The molecule has 2 heterocycles. The van der Waals surface area contributed by atoms with Crippen LogP contribution in [0.25, 0.3) is 10.9 Å². The van der Waals surface area contributed by atoms with Gasteiger partial charge in [-0.1, -0.05) is 23.2 Å². The van der Waals surface area contributed by atoms with Crippen LogP contribution in [0.2, 0.25) is 10.0 Å². The second-order valence-electron chi connectivity index (χ2n) is 10.5. The van der Waals surface area contributed by atoms with Crippen molar-refractivity contribution in [3.05, 3.63) is 74.0 Å². The molecule has 1 aliphatic heterocycles. The van der Waals surface area contributed by atoms with Gasteiger partial charge in [0.2, 0.25) is 5.43 Å². The number of aliphatic hydroxyl groups is 1. The highest BCUT2D eigenvalue weighted by atomic mass is 35.5. The molecule has 4 rings (SSSR count). The van der Waals surface area contributed by atoms with E-state index in [0.717, 1.165) is 12.1 Å². The number of rotatable bonds is 7. The van der Waals surface area contributed by atoms with E-state index in [-0.39, 0.29) is 33.4 Å². The lowest BCUT2D eigenvalue weighted by Gasteiger charge is -2.35. The Hall–Kier alpha value is -2.76. The van der Waals surface area contributed by atoms with Gasteiger partial charge in [0.15, 0.2) is 0 Å². The normalized spacial score (nSPS) is 15.9. The molecule has 3 aromatic rings. The van der Waals surface area contributed by atoms with Crippen LogP contribution in [0.5, 0.6) is 5.75 Å². The number of halogens is 4. The highest BCUT2D eigenvalue weighted by molar-refractivity contribution is 6.31. The fourth-order valence-corrected chi connectivity index (χ4v) is 4.67. The predicted octanol–water partition coefficient (Wildman–Crippen LogP) is 4.04. The smallest absolute Gasteiger partial charge is 0.271 e. The van der Waals surface area contributed by atoms with Crippen LogP contribution in [0.15, 0.2) is 41.3 Å². The number of aromatic nitrogens is 1. The molecule has 1 aliphatic rings. The summed E-state index contributed by atoms with van der Waals surface area (Å²) in [5.74, 6) is -1.65. The van der Waals surface area contributed by atoms with E-state index in [0.29, 0.717) is 38.2 Å². The zero-order valence-corrected chi connectivity index (χ0v) is 23.3. The number of aliphatic hydroxyl groups excluding tert-OH is 1. The number of amides is 1. The molecule has 1 aromatic heterocycles. The molecule has 0 spiro atoms. The van der Waals surface area contributed by atoms with Crippen LogP contribution >= 0.6 is 23.2 Å². The van der Waals surface area contributed by atoms with E-state index < -0.39 is 34.6 Å². The minimum Gasteiger partial charge on any atom is -0.491 e. The predicted molar refractivity (Wildman–Crippen MR) is 147 cm³/mol. The molecule has 210 valence electrons. The number of hydrazine groups is 1. The van der Waals surface area contributed by atoms with Crippen LogP contribution in [-0.4, -0.2) is 70.9 Å². The SMILES string of the molecule is CC(C)(C)n1cc(C(=O)NN2CCN(CC(O)COc3ccc(Cl)c(F)c3)CC2)c(=O)c2cc(F)c(Cl)cc21. The summed E-state index contributed by atoms with van der Waals surface area (Å²) in [5.41, 5.74) is 2.01. The third-order valence-corrected chi connectivity index (χ3v) is 7.04. The first kappa shape index (κ1) is 29.2. The van der Waals surface area contributed by atoms with E-state index in [1.54, 1.807) is 9.58 Å². The lowest BCUT2D eigenvalue weighted by Crippen LogP contribution is -2.55. The fraction of sp³-hybridized carbons (Fsp3) is 0.407. The zero-order chi connectivity index (χ0) is 28.5. The number of ether oxygens (including phenoxy) is 1. The monoisotopic (exact) mass is 582 g/mol. The molecule has 2 aromatic carbocycles. The Morgan fingerprint density at radius 1 is 1.08 bits per heavy atom. The summed E-state index contributed by atoms with van der Waals surface area (Å²) in [6.45, 7) is 8.01. The van der Waals surface area contributed by atoms with Crippen molar-refractivity contribution in [1.29, 1.82) is 0 Å². The van der Waals surface area contributed by atoms with Crippen LogP contribution < -0.4 is 15.6 Å². The molecule has 12 heteroatoms. The second kappa shape index (κ2) is 11.8. The van der Waals surface area contributed by atoms with Gasteiger partial charge in [0.05, 0.1) is 15.6 Å². The number of nitrogens with zero attached hydrogens (tertiary/aromatic N) is 3. The average Bonchev–Trinajstić information content (AvgIpc) is 2.86. The molecular weight excluding hydrogens is 553 g/mol. The largest absolute Gasteiger partial charge is 0.491 e. The molecule has 0 aliphatic carbocycles. The summed E-state index contributed by atoms with van der Waals surface area (Å²) in [6.07, 6.45) is 0.667. The van der Waals surface area contributed by atoms with E-state index in [1.807, 2.05) is 25.7 Å². The Morgan fingerprint density at radius 2 is 1.74 bits per heavy atom. The maximum absolute atomic E-state index is 14.2. The molecule has 1 atom stereocenters. The summed E-state index contributed by atoms with van der Waals surface area (Å²) in [7, 11) is 0. The molecule has 0 radical (unpaired) electrons. The molecule has 1 fully saturated rings. The van der Waals surface area contributed by atoms with Crippen molar-refractivity contribution in [2.24, 2.45) is 0 Å². The van der Waals surface area contributed by atoms with Crippen LogP contribution in [-0.2, 0) is 5.54 Å². The van der Waals surface area contributed by atoms with Crippen LogP contribution in [0, 0.1) is 11.6 Å². The van der Waals surface area contributed by atoms with Gasteiger partial charge in [-0.15, -0.1) is 0 Å². The number of hydrogen-bond acceptors (Lipinski definition) is 6. The first-order chi connectivity index (χ1) is 18.3. The van der Waals surface area contributed by atoms with Gasteiger partial charge < -0.3 is 14.4 Å². The molecular formula is C27H30Cl2F2N4O4. The highest BCUT2D eigenvalue weighted by Crippen LogP contribution is 2.26. The van der Waals surface area contributed by atoms with E-state index in [4.69, 9.17) is 27.9 Å². The zero-order valence-electron chi connectivity index (χ0n) is 21.8. The van der Waals surface area contributed by atoms with Crippen LogP contribution in [0.4, 0.5) is 8.78 Å². The second-order valence-corrected chi connectivity index (χ2v) is 11.3. The Bertz CT molecular complexity index is 1440. The lowest BCUT2D eigenvalue weighted by molar-refractivity contribution is 0.0316. The van der Waals surface area contributed by atoms with Crippen LogP contribution in [0.3, 0.4) is 0 Å². The first-order valence-electron chi connectivity index (χ1n) is 12.4. The molecule has 0 saturated carbocycles. The number of nitrogens with one attached hydrogen (secondary N) is 1. The lowest BCUT2D eigenvalue weighted by atomic mass is 10.0. The van der Waals surface area contributed by atoms with Gasteiger partial charge in [0.1, 0.15) is 35.7 Å². The topological polar surface area (TPSA) is 87.0 Å². The van der Waals surface area contributed by atoms with Crippen molar-refractivity contribution in [2.75, 3.05) is 39.3 Å². The third kappa shape index (κ3) is 6.88. The van der Waals surface area contributed by atoms with Gasteiger partial charge in [0.25, 0.3) is 5.91 Å². The number of hydrogen-bond donors (Lipinski definition) is 2. The third-order valence-electron chi connectivity index (χ3n) is 6.45. The maximum Gasteiger partial charge on any atom is 0.271 e. The summed E-state index contributed by atoms with van der Waals surface area (Å²) in [6, 6.07) is 6.53. The molecule has 8 nitrogen and oxygen atoms in total. The number of benzene rings is 2. The quantitative estimate of drug-likeness (QED) is 0.437. The number of fused-ring (bicyclic) bond motifs is 1. The summed E-state index contributed by atoms with van der Waals surface area (Å²) >= 11 is 11.6. The number of carbonyl (C=O) groups is 1. The minimum absolute atomic E-state index is 0.00726. The fourth-order valence-electron chi connectivity index (χ4n) is 4.39. The number of carbonyl (C=O) groups excluding carboxylic acids is 1. The van der Waals surface area contributed by atoms with Gasteiger partial charge in [-0.25, -0.2) is 13.8 Å².